The highest BCUT2D eigenvalue weighted by Gasteiger charge is 2.09. The second kappa shape index (κ2) is 5.93. The molecule has 0 aromatic carbocycles. The third kappa shape index (κ3) is 3.27. The SMILES string of the molecule is Cc1cnccc1NC(=O)Cc1nc(CCl)cs1. The molecule has 0 aliphatic heterocycles. The normalized spacial score (nSPS) is 10.3. The van der Waals surface area contributed by atoms with Crippen molar-refractivity contribution in [3.05, 3.63) is 40.1 Å². The van der Waals surface area contributed by atoms with Gasteiger partial charge in [-0.2, -0.15) is 0 Å². The van der Waals surface area contributed by atoms with E-state index in [-0.39, 0.29) is 12.3 Å². The van der Waals surface area contributed by atoms with E-state index < -0.39 is 0 Å². The molecule has 1 N–H and O–H groups in total. The average Bonchev–Trinajstić information content (AvgIpc) is 2.80. The molecule has 2 aromatic heterocycles. The van der Waals surface area contributed by atoms with E-state index in [2.05, 4.69) is 15.3 Å². The van der Waals surface area contributed by atoms with Crippen molar-refractivity contribution in [1.82, 2.24) is 9.97 Å². The van der Waals surface area contributed by atoms with Crippen LogP contribution in [0.3, 0.4) is 0 Å². The van der Waals surface area contributed by atoms with Crippen LogP contribution < -0.4 is 5.32 Å². The molecule has 6 heteroatoms. The second-order valence-corrected chi connectivity index (χ2v) is 4.99. The Labute approximate surface area is 114 Å². The standard InChI is InChI=1S/C12H12ClN3OS/c1-8-6-14-3-2-10(8)16-11(17)4-12-15-9(5-13)7-18-12/h2-3,6-7H,4-5H2,1H3,(H,14,16,17). The maximum absolute atomic E-state index is 11.8. The highest BCUT2D eigenvalue weighted by molar-refractivity contribution is 7.09. The average molecular weight is 282 g/mol. The molecule has 2 heterocycles. The fraction of sp³-hybridized carbons (Fsp3) is 0.250. The first-order chi connectivity index (χ1) is 8.69. The molecule has 0 radical (unpaired) electrons. The zero-order valence-corrected chi connectivity index (χ0v) is 11.4. The van der Waals surface area contributed by atoms with Crippen LogP contribution in [0.4, 0.5) is 5.69 Å². The number of anilines is 1. The largest absolute Gasteiger partial charge is 0.325 e. The van der Waals surface area contributed by atoms with Gasteiger partial charge in [0.1, 0.15) is 5.01 Å². The van der Waals surface area contributed by atoms with Gasteiger partial charge in [0.2, 0.25) is 5.91 Å². The van der Waals surface area contributed by atoms with Crippen molar-refractivity contribution in [1.29, 1.82) is 0 Å². The minimum Gasteiger partial charge on any atom is -0.325 e. The number of hydrogen-bond acceptors (Lipinski definition) is 4. The summed E-state index contributed by atoms with van der Waals surface area (Å²) in [6, 6.07) is 1.78. The van der Waals surface area contributed by atoms with Gasteiger partial charge < -0.3 is 5.32 Å². The maximum Gasteiger partial charge on any atom is 0.231 e. The number of halogens is 1. The monoisotopic (exact) mass is 281 g/mol. The fourth-order valence-corrected chi connectivity index (χ4v) is 2.46. The lowest BCUT2D eigenvalue weighted by Crippen LogP contribution is -2.15. The van der Waals surface area contributed by atoms with Crippen molar-refractivity contribution in [2.45, 2.75) is 19.2 Å². The smallest absolute Gasteiger partial charge is 0.231 e. The molecule has 0 bridgehead atoms. The number of aromatic nitrogens is 2. The van der Waals surface area contributed by atoms with Crippen LogP contribution in [0.1, 0.15) is 16.3 Å². The van der Waals surface area contributed by atoms with Gasteiger partial charge in [0.15, 0.2) is 0 Å². The molecule has 4 nitrogen and oxygen atoms in total. The first kappa shape index (κ1) is 13.0. The number of thiazole rings is 1. The van der Waals surface area contributed by atoms with E-state index in [1.807, 2.05) is 12.3 Å². The molecule has 0 saturated carbocycles. The summed E-state index contributed by atoms with van der Waals surface area (Å²) in [6.45, 7) is 1.90. The highest BCUT2D eigenvalue weighted by Crippen LogP contribution is 2.15. The van der Waals surface area contributed by atoms with E-state index in [4.69, 9.17) is 11.6 Å². The highest BCUT2D eigenvalue weighted by atomic mass is 35.5. The summed E-state index contributed by atoms with van der Waals surface area (Å²) in [5, 5.41) is 5.48. The molecule has 0 aliphatic rings. The van der Waals surface area contributed by atoms with Gasteiger partial charge in [-0.05, 0) is 18.6 Å². The van der Waals surface area contributed by atoms with E-state index in [1.165, 1.54) is 11.3 Å². The van der Waals surface area contributed by atoms with Crippen LogP contribution in [0.15, 0.2) is 23.8 Å². The Morgan fingerprint density at radius 1 is 1.56 bits per heavy atom. The van der Waals surface area contributed by atoms with Crippen molar-refractivity contribution in [2.75, 3.05) is 5.32 Å². The van der Waals surface area contributed by atoms with Crippen LogP contribution in [-0.4, -0.2) is 15.9 Å². The van der Waals surface area contributed by atoms with Crippen molar-refractivity contribution < 1.29 is 4.79 Å². The lowest BCUT2D eigenvalue weighted by molar-refractivity contribution is -0.115. The number of rotatable bonds is 4. The van der Waals surface area contributed by atoms with Crippen LogP contribution in [0, 0.1) is 6.92 Å². The van der Waals surface area contributed by atoms with Gasteiger partial charge in [0, 0.05) is 23.5 Å². The van der Waals surface area contributed by atoms with E-state index in [9.17, 15) is 4.79 Å². The number of alkyl halides is 1. The van der Waals surface area contributed by atoms with Gasteiger partial charge >= 0.3 is 0 Å². The van der Waals surface area contributed by atoms with Crippen LogP contribution in [0.5, 0.6) is 0 Å². The third-order valence-electron chi connectivity index (χ3n) is 2.34. The van der Waals surface area contributed by atoms with Crippen LogP contribution >= 0.6 is 22.9 Å². The molecular formula is C12H12ClN3OS. The van der Waals surface area contributed by atoms with Crippen LogP contribution in [0.2, 0.25) is 0 Å². The Morgan fingerprint density at radius 3 is 3.06 bits per heavy atom. The summed E-state index contributed by atoms with van der Waals surface area (Å²) in [7, 11) is 0. The molecular weight excluding hydrogens is 270 g/mol. The van der Waals surface area contributed by atoms with Gasteiger partial charge in [-0.1, -0.05) is 0 Å². The maximum atomic E-state index is 11.8. The molecule has 2 rings (SSSR count). The van der Waals surface area contributed by atoms with Gasteiger partial charge in [-0.25, -0.2) is 4.98 Å². The van der Waals surface area contributed by atoms with Crippen molar-refractivity contribution in [2.24, 2.45) is 0 Å². The molecule has 0 saturated heterocycles. The lowest BCUT2D eigenvalue weighted by Gasteiger charge is -2.06. The number of nitrogens with one attached hydrogen (secondary N) is 1. The fourth-order valence-electron chi connectivity index (χ4n) is 1.44. The molecule has 2 aromatic rings. The summed E-state index contributed by atoms with van der Waals surface area (Å²) >= 11 is 7.11. The molecule has 0 atom stereocenters. The minimum absolute atomic E-state index is 0.0835. The Hall–Kier alpha value is -1.46. The summed E-state index contributed by atoms with van der Waals surface area (Å²) in [4.78, 5) is 20.1. The van der Waals surface area contributed by atoms with Crippen molar-refractivity contribution in [3.8, 4) is 0 Å². The Morgan fingerprint density at radius 2 is 2.39 bits per heavy atom. The van der Waals surface area contributed by atoms with Gasteiger partial charge in [0.25, 0.3) is 0 Å². The quantitative estimate of drug-likeness (QED) is 0.877. The van der Waals surface area contributed by atoms with Crippen LogP contribution in [0.25, 0.3) is 0 Å². The molecule has 94 valence electrons. The van der Waals surface area contributed by atoms with Crippen molar-refractivity contribution in [3.63, 3.8) is 0 Å². The number of aryl methyl sites for hydroxylation is 1. The van der Waals surface area contributed by atoms with Gasteiger partial charge in [0.05, 0.1) is 18.0 Å². The zero-order valence-electron chi connectivity index (χ0n) is 9.81. The molecule has 1 amide bonds. The minimum atomic E-state index is -0.0835. The molecule has 0 fully saturated rings. The number of nitrogens with zero attached hydrogens (tertiary/aromatic N) is 2. The molecule has 0 aliphatic carbocycles. The van der Waals surface area contributed by atoms with Crippen molar-refractivity contribution >= 4 is 34.5 Å². The third-order valence-corrected chi connectivity index (χ3v) is 3.51. The first-order valence-corrected chi connectivity index (χ1v) is 6.80. The predicted octanol–water partition coefficient (Wildman–Crippen LogP) is 2.77. The summed E-state index contributed by atoms with van der Waals surface area (Å²) < 4.78 is 0. The zero-order chi connectivity index (χ0) is 13.0. The number of hydrogen-bond donors (Lipinski definition) is 1. The topological polar surface area (TPSA) is 54.9 Å². The predicted molar refractivity (Wildman–Crippen MR) is 73.0 cm³/mol. The number of carbonyl (C=O) groups excluding carboxylic acids is 1. The van der Waals surface area contributed by atoms with Crippen LogP contribution in [-0.2, 0) is 17.1 Å². The van der Waals surface area contributed by atoms with E-state index in [1.54, 1.807) is 18.5 Å². The van der Waals surface area contributed by atoms with E-state index in [0.29, 0.717) is 5.88 Å². The second-order valence-electron chi connectivity index (χ2n) is 3.78. The Bertz CT molecular complexity index is 556. The summed E-state index contributed by atoms with van der Waals surface area (Å²) in [5.41, 5.74) is 2.53. The van der Waals surface area contributed by atoms with E-state index >= 15 is 0 Å². The molecule has 0 unspecified atom stereocenters. The van der Waals surface area contributed by atoms with E-state index in [0.717, 1.165) is 22.0 Å². The molecule has 0 spiro atoms. The van der Waals surface area contributed by atoms with Gasteiger partial charge in [-0.3, -0.25) is 9.78 Å². The lowest BCUT2D eigenvalue weighted by atomic mass is 10.2. The Kier molecular flexibility index (Phi) is 4.28. The summed E-state index contributed by atoms with van der Waals surface area (Å²) in [6.07, 6.45) is 3.63. The Balaban J connectivity index is 1.99. The summed E-state index contributed by atoms with van der Waals surface area (Å²) in [5.74, 6) is 0.293. The molecule has 18 heavy (non-hydrogen) atoms. The number of carbonyl (C=O) groups is 1. The number of amides is 1. The number of pyridine rings is 1. The van der Waals surface area contributed by atoms with Gasteiger partial charge in [-0.15, -0.1) is 22.9 Å². The first-order valence-electron chi connectivity index (χ1n) is 5.38.